The van der Waals surface area contributed by atoms with Crippen LogP contribution in [0.15, 0.2) is 0 Å². The van der Waals surface area contributed by atoms with Crippen molar-refractivity contribution in [1.29, 1.82) is 0 Å². The molecule has 0 N–H and O–H groups in total. The molecule has 1 aliphatic heterocycles. The fraction of sp³-hybridized carbons (Fsp3) is 0.938. The summed E-state index contributed by atoms with van der Waals surface area (Å²) >= 11 is 0. The number of rotatable bonds is 2. The molecule has 0 bridgehead atoms. The first-order valence-corrected chi connectivity index (χ1v) is 9.47. The zero-order valence-corrected chi connectivity index (χ0v) is 15.4. The smallest absolute Gasteiger partial charge is 0.239 e. The predicted molar refractivity (Wildman–Crippen MR) is 86.3 cm³/mol. The SMILES string of the molecule is CCCN1C(=O)C(C(C)(C)C)C(C(C)(C)C)CCS1(=O)=O. The van der Waals surface area contributed by atoms with Gasteiger partial charge in [0.15, 0.2) is 0 Å². The quantitative estimate of drug-likeness (QED) is 0.785. The molecule has 2 atom stereocenters. The average molecular weight is 317 g/mol. The van der Waals surface area contributed by atoms with Gasteiger partial charge in [-0.2, -0.15) is 0 Å². The molecule has 0 spiro atoms. The van der Waals surface area contributed by atoms with Crippen LogP contribution < -0.4 is 0 Å². The number of amides is 1. The van der Waals surface area contributed by atoms with Gasteiger partial charge in [-0.15, -0.1) is 0 Å². The van der Waals surface area contributed by atoms with E-state index in [1.807, 2.05) is 27.7 Å². The minimum absolute atomic E-state index is 0.0710. The molecule has 0 aromatic carbocycles. The zero-order chi connectivity index (χ0) is 16.6. The van der Waals surface area contributed by atoms with Gasteiger partial charge in [-0.05, 0) is 29.6 Å². The predicted octanol–water partition coefficient (Wildman–Crippen LogP) is 3.28. The van der Waals surface area contributed by atoms with Crippen molar-refractivity contribution in [3.8, 4) is 0 Å². The summed E-state index contributed by atoms with van der Waals surface area (Å²) in [5, 5.41) is 0. The van der Waals surface area contributed by atoms with Crippen molar-refractivity contribution >= 4 is 15.9 Å². The van der Waals surface area contributed by atoms with Crippen LogP contribution >= 0.6 is 0 Å². The first kappa shape index (κ1) is 18.5. The van der Waals surface area contributed by atoms with E-state index in [-0.39, 0.29) is 34.3 Å². The maximum absolute atomic E-state index is 13.0. The second-order valence-electron chi connectivity index (χ2n) is 8.33. The van der Waals surface area contributed by atoms with Gasteiger partial charge >= 0.3 is 0 Å². The van der Waals surface area contributed by atoms with Gasteiger partial charge in [0.25, 0.3) is 0 Å². The summed E-state index contributed by atoms with van der Waals surface area (Å²) in [4.78, 5) is 13.0. The van der Waals surface area contributed by atoms with E-state index in [1.165, 1.54) is 0 Å². The molecule has 1 fully saturated rings. The summed E-state index contributed by atoms with van der Waals surface area (Å²) in [6.45, 7) is 14.6. The van der Waals surface area contributed by atoms with Crippen molar-refractivity contribution in [1.82, 2.24) is 4.31 Å². The minimum atomic E-state index is -3.47. The average Bonchev–Trinajstić information content (AvgIpc) is 2.35. The summed E-state index contributed by atoms with van der Waals surface area (Å²) in [6, 6.07) is 0. The van der Waals surface area contributed by atoms with Gasteiger partial charge in [0.1, 0.15) is 0 Å². The van der Waals surface area contributed by atoms with E-state index in [4.69, 9.17) is 0 Å². The highest BCUT2D eigenvalue weighted by Crippen LogP contribution is 2.46. The van der Waals surface area contributed by atoms with Crippen LogP contribution in [-0.4, -0.2) is 30.9 Å². The van der Waals surface area contributed by atoms with Crippen LogP contribution in [0.4, 0.5) is 0 Å². The molecule has 0 radical (unpaired) electrons. The molecule has 1 rings (SSSR count). The Bertz CT molecular complexity index is 483. The van der Waals surface area contributed by atoms with E-state index in [0.29, 0.717) is 19.4 Å². The number of sulfonamides is 1. The van der Waals surface area contributed by atoms with Crippen LogP contribution in [0.1, 0.15) is 61.3 Å². The Hall–Kier alpha value is -0.580. The Morgan fingerprint density at radius 3 is 2.00 bits per heavy atom. The highest BCUT2D eigenvalue weighted by atomic mass is 32.2. The van der Waals surface area contributed by atoms with Crippen molar-refractivity contribution in [2.45, 2.75) is 61.3 Å². The van der Waals surface area contributed by atoms with Crippen LogP contribution in [-0.2, 0) is 14.8 Å². The Kier molecular flexibility index (Phi) is 5.19. The first-order chi connectivity index (χ1) is 9.32. The van der Waals surface area contributed by atoms with E-state index < -0.39 is 10.0 Å². The molecule has 124 valence electrons. The topological polar surface area (TPSA) is 54.5 Å². The van der Waals surface area contributed by atoms with Gasteiger partial charge < -0.3 is 0 Å². The third-order valence-electron chi connectivity index (χ3n) is 4.41. The Morgan fingerprint density at radius 2 is 1.62 bits per heavy atom. The normalized spacial score (nSPS) is 27.6. The monoisotopic (exact) mass is 317 g/mol. The zero-order valence-electron chi connectivity index (χ0n) is 14.6. The summed E-state index contributed by atoms with van der Waals surface area (Å²) in [7, 11) is -3.47. The number of carbonyl (C=O) groups excluding carboxylic acids is 1. The third kappa shape index (κ3) is 3.99. The van der Waals surface area contributed by atoms with E-state index in [2.05, 4.69) is 20.8 Å². The Labute approximate surface area is 130 Å². The van der Waals surface area contributed by atoms with Gasteiger partial charge in [-0.3, -0.25) is 4.79 Å². The van der Waals surface area contributed by atoms with Gasteiger partial charge in [0.2, 0.25) is 15.9 Å². The molecule has 0 aromatic heterocycles. The lowest BCUT2D eigenvalue weighted by Gasteiger charge is -2.42. The van der Waals surface area contributed by atoms with Crippen molar-refractivity contribution in [2.24, 2.45) is 22.7 Å². The number of hydrogen-bond acceptors (Lipinski definition) is 3. The molecule has 1 aliphatic rings. The standard InChI is InChI=1S/C16H31NO3S/c1-8-10-17-14(18)13(16(5,6)7)12(15(2,3)4)9-11-21(17,19)20/h12-13H,8-11H2,1-7H3. The summed E-state index contributed by atoms with van der Waals surface area (Å²) in [5.41, 5.74) is -0.341. The first-order valence-electron chi connectivity index (χ1n) is 7.86. The van der Waals surface area contributed by atoms with Crippen molar-refractivity contribution in [3.63, 3.8) is 0 Å². The Balaban J connectivity index is 3.39. The maximum Gasteiger partial charge on any atom is 0.239 e. The molecule has 21 heavy (non-hydrogen) atoms. The minimum Gasteiger partial charge on any atom is -0.273 e. The number of nitrogens with zero attached hydrogens (tertiary/aromatic N) is 1. The van der Waals surface area contributed by atoms with Gasteiger partial charge in [0.05, 0.1) is 5.75 Å². The van der Waals surface area contributed by atoms with Crippen molar-refractivity contribution in [2.75, 3.05) is 12.3 Å². The van der Waals surface area contributed by atoms with Crippen LogP contribution in [0, 0.1) is 22.7 Å². The molecule has 0 saturated carbocycles. The van der Waals surface area contributed by atoms with E-state index in [0.717, 1.165) is 4.31 Å². The molecular formula is C16H31NO3S. The van der Waals surface area contributed by atoms with E-state index in [1.54, 1.807) is 0 Å². The molecule has 1 heterocycles. The second kappa shape index (κ2) is 5.90. The lowest BCUT2D eigenvalue weighted by Crippen LogP contribution is -2.47. The van der Waals surface area contributed by atoms with Crippen LogP contribution in [0.25, 0.3) is 0 Å². The van der Waals surface area contributed by atoms with Crippen molar-refractivity contribution in [3.05, 3.63) is 0 Å². The molecular weight excluding hydrogens is 286 g/mol. The van der Waals surface area contributed by atoms with Crippen LogP contribution in [0.3, 0.4) is 0 Å². The van der Waals surface area contributed by atoms with Crippen molar-refractivity contribution < 1.29 is 13.2 Å². The van der Waals surface area contributed by atoms with Crippen LogP contribution in [0.2, 0.25) is 0 Å². The second-order valence-corrected chi connectivity index (χ2v) is 10.3. The molecule has 0 aromatic rings. The fourth-order valence-electron chi connectivity index (χ4n) is 3.38. The van der Waals surface area contributed by atoms with E-state index >= 15 is 0 Å². The molecule has 2 unspecified atom stereocenters. The van der Waals surface area contributed by atoms with E-state index in [9.17, 15) is 13.2 Å². The van der Waals surface area contributed by atoms with Gasteiger partial charge in [-0.1, -0.05) is 48.5 Å². The number of carbonyl (C=O) groups is 1. The van der Waals surface area contributed by atoms with Crippen LogP contribution in [0.5, 0.6) is 0 Å². The lowest BCUT2D eigenvalue weighted by atomic mass is 9.63. The maximum atomic E-state index is 13.0. The summed E-state index contributed by atoms with van der Waals surface area (Å²) in [5.74, 6) is -0.322. The summed E-state index contributed by atoms with van der Waals surface area (Å²) in [6.07, 6.45) is 1.21. The van der Waals surface area contributed by atoms with Gasteiger partial charge in [0, 0.05) is 12.5 Å². The molecule has 4 nitrogen and oxygen atoms in total. The summed E-state index contributed by atoms with van der Waals surface area (Å²) < 4.78 is 26.1. The third-order valence-corrected chi connectivity index (χ3v) is 6.19. The fourth-order valence-corrected chi connectivity index (χ4v) is 5.00. The lowest BCUT2D eigenvalue weighted by molar-refractivity contribution is -0.138. The highest BCUT2D eigenvalue weighted by Gasteiger charge is 2.49. The molecule has 5 heteroatoms. The van der Waals surface area contributed by atoms with Gasteiger partial charge in [-0.25, -0.2) is 12.7 Å². The largest absolute Gasteiger partial charge is 0.273 e. The number of hydrogen-bond donors (Lipinski definition) is 0. The molecule has 1 saturated heterocycles. The molecule has 1 amide bonds. The molecule has 0 aliphatic carbocycles. The highest BCUT2D eigenvalue weighted by molar-refractivity contribution is 7.89. The Morgan fingerprint density at radius 1 is 1.10 bits per heavy atom.